The topological polar surface area (TPSA) is 52.6 Å². The lowest BCUT2D eigenvalue weighted by atomic mass is 10.1. The van der Waals surface area contributed by atoms with Crippen LogP contribution in [-0.2, 0) is 6.61 Å². The van der Waals surface area contributed by atoms with Crippen LogP contribution in [0.5, 0.6) is 11.5 Å². The number of methoxy groups -OCH3 is 1. The molecular weight excluding hydrogens is 583 g/mol. The quantitative estimate of drug-likeness (QED) is 0.225. The van der Waals surface area contributed by atoms with E-state index in [1.807, 2.05) is 6.07 Å². The molecule has 0 heterocycles. The number of ether oxygens (including phenoxy) is 2. The molecule has 0 bridgehead atoms. The van der Waals surface area contributed by atoms with E-state index in [4.69, 9.17) is 32.7 Å². The van der Waals surface area contributed by atoms with E-state index in [0.29, 0.717) is 47.2 Å². The first-order valence-corrected chi connectivity index (χ1v) is 11.7. The number of benzene rings is 3. The highest BCUT2D eigenvalue weighted by atomic mass is 79.9. The zero-order chi connectivity index (χ0) is 23.0. The molecule has 0 aromatic heterocycles. The summed E-state index contributed by atoms with van der Waals surface area (Å²) < 4.78 is 12.7. The smallest absolute Gasteiger partial charge is 0.197 e. The lowest BCUT2D eigenvalue weighted by molar-refractivity contribution is 0.0990. The van der Waals surface area contributed by atoms with Crippen LogP contribution in [0.2, 0.25) is 10.0 Å². The van der Waals surface area contributed by atoms with Gasteiger partial charge in [0.2, 0.25) is 0 Å². The Labute approximate surface area is 211 Å². The first-order chi connectivity index (χ1) is 15.3. The SMILES string of the molecule is COc1cc(C=C2C(=O)c3ccccc3C2=O)c(Br)c(Br)c1OCc1ccc(Cl)c(Cl)c1. The first kappa shape index (κ1) is 23.1. The number of fused-ring (bicyclic) bond motifs is 1. The summed E-state index contributed by atoms with van der Waals surface area (Å²) in [5, 5.41) is 0.904. The van der Waals surface area contributed by atoms with Gasteiger partial charge in [-0.2, -0.15) is 0 Å². The van der Waals surface area contributed by atoms with Crippen LogP contribution in [0.25, 0.3) is 6.08 Å². The van der Waals surface area contributed by atoms with Crippen LogP contribution in [0.1, 0.15) is 31.8 Å². The summed E-state index contributed by atoms with van der Waals surface area (Å²) in [6.07, 6.45) is 1.56. The van der Waals surface area contributed by atoms with Crippen molar-refractivity contribution in [3.05, 3.63) is 95.3 Å². The van der Waals surface area contributed by atoms with Gasteiger partial charge in [0.1, 0.15) is 6.61 Å². The third kappa shape index (κ3) is 4.25. The van der Waals surface area contributed by atoms with E-state index in [2.05, 4.69) is 31.9 Å². The summed E-state index contributed by atoms with van der Waals surface area (Å²) in [4.78, 5) is 25.5. The van der Waals surface area contributed by atoms with Crippen molar-refractivity contribution >= 4 is 72.7 Å². The van der Waals surface area contributed by atoms with Crippen LogP contribution >= 0.6 is 55.1 Å². The molecule has 3 aromatic carbocycles. The number of carbonyl (C=O) groups is 2. The zero-order valence-electron chi connectivity index (χ0n) is 16.5. The highest BCUT2D eigenvalue weighted by Gasteiger charge is 2.33. The summed E-state index contributed by atoms with van der Waals surface area (Å²) in [7, 11) is 1.51. The largest absolute Gasteiger partial charge is 0.493 e. The molecule has 0 unspecified atom stereocenters. The summed E-state index contributed by atoms with van der Waals surface area (Å²) in [5.74, 6) is 0.294. The van der Waals surface area contributed by atoms with Gasteiger partial charge in [-0.05, 0) is 67.3 Å². The standard InChI is InChI=1S/C24H14Br2Cl2O4/c1-31-19-10-13(9-16-22(29)14-4-2-3-5-15(14)23(16)30)20(25)21(26)24(19)32-11-12-6-7-17(27)18(28)8-12/h2-10H,11H2,1H3. The maximum absolute atomic E-state index is 12.7. The van der Waals surface area contributed by atoms with E-state index in [-0.39, 0.29) is 23.7 Å². The number of carbonyl (C=O) groups excluding carboxylic acids is 2. The number of hydrogen-bond acceptors (Lipinski definition) is 4. The van der Waals surface area contributed by atoms with Crippen LogP contribution in [0, 0.1) is 0 Å². The van der Waals surface area contributed by atoms with Crippen molar-refractivity contribution in [1.29, 1.82) is 0 Å². The zero-order valence-corrected chi connectivity index (χ0v) is 21.2. The Hall–Kier alpha value is -2.12. The summed E-state index contributed by atoms with van der Waals surface area (Å²) in [5.41, 5.74) is 2.35. The van der Waals surface area contributed by atoms with E-state index in [9.17, 15) is 9.59 Å². The molecule has 0 atom stereocenters. The van der Waals surface area contributed by atoms with E-state index in [0.717, 1.165) is 5.56 Å². The lowest BCUT2D eigenvalue weighted by Crippen LogP contribution is -2.02. The van der Waals surface area contributed by atoms with Gasteiger partial charge in [-0.3, -0.25) is 9.59 Å². The molecule has 4 nitrogen and oxygen atoms in total. The molecule has 1 aliphatic rings. The van der Waals surface area contributed by atoms with Gasteiger partial charge in [-0.15, -0.1) is 0 Å². The van der Waals surface area contributed by atoms with Crippen molar-refractivity contribution in [2.24, 2.45) is 0 Å². The Morgan fingerprint density at radius 1 is 0.906 bits per heavy atom. The van der Waals surface area contributed by atoms with E-state index < -0.39 is 0 Å². The molecule has 162 valence electrons. The molecule has 0 saturated carbocycles. The Bertz CT molecular complexity index is 1260. The number of halogens is 4. The molecule has 0 fully saturated rings. The van der Waals surface area contributed by atoms with Gasteiger partial charge in [0.05, 0.1) is 27.2 Å². The van der Waals surface area contributed by atoms with Crippen LogP contribution in [0.3, 0.4) is 0 Å². The van der Waals surface area contributed by atoms with Crippen molar-refractivity contribution in [1.82, 2.24) is 0 Å². The molecule has 0 aliphatic heterocycles. The van der Waals surface area contributed by atoms with Gasteiger partial charge < -0.3 is 9.47 Å². The van der Waals surface area contributed by atoms with Crippen molar-refractivity contribution in [3.63, 3.8) is 0 Å². The summed E-state index contributed by atoms with van der Waals surface area (Å²) in [6, 6.07) is 13.7. The monoisotopic (exact) mass is 594 g/mol. The Balaban J connectivity index is 1.68. The minimum atomic E-state index is -0.299. The molecule has 8 heteroatoms. The molecule has 0 amide bonds. The highest BCUT2D eigenvalue weighted by molar-refractivity contribution is 9.13. The average molecular weight is 597 g/mol. The first-order valence-electron chi connectivity index (χ1n) is 9.34. The Kier molecular flexibility index (Phi) is 6.77. The predicted molar refractivity (Wildman–Crippen MR) is 132 cm³/mol. The minimum Gasteiger partial charge on any atom is -0.493 e. The van der Waals surface area contributed by atoms with Gasteiger partial charge >= 0.3 is 0 Å². The number of rotatable bonds is 5. The fourth-order valence-electron chi connectivity index (χ4n) is 3.34. The normalized spacial score (nSPS) is 12.7. The number of ketones is 2. The fourth-order valence-corrected chi connectivity index (χ4v) is 4.61. The van der Waals surface area contributed by atoms with Crippen LogP contribution in [-0.4, -0.2) is 18.7 Å². The summed E-state index contributed by atoms with van der Waals surface area (Å²) >= 11 is 19.1. The minimum absolute atomic E-state index is 0.102. The number of Topliss-reactive ketones (excluding diaryl/α,β-unsaturated/α-hetero) is 2. The Morgan fingerprint density at radius 2 is 1.56 bits per heavy atom. The van der Waals surface area contributed by atoms with Gasteiger partial charge in [-0.1, -0.05) is 53.5 Å². The average Bonchev–Trinajstić information content (AvgIpc) is 3.03. The fraction of sp³-hybridized carbons (Fsp3) is 0.0833. The lowest BCUT2D eigenvalue weighted by Gasteiger charge is -2.16. The maximum Gasteiger partial charge on any atom is 0.197 e. The second kappa shape index (κ2) is 9.40. The van der Waals surface area contributed by atoms with E-state index >= 15 is 0 Å². The van der Waals surface area contributed by atoms with Crippen LogP contribution in [0.15, 0.2) is 63.0 Å². The molecule has 0 radical (unpaired) electrons. The van der Waals surface area contributed by atoms with Crippen molar-refractivity contribution in [2.45, 2.75) is 6.61 Å². The second-order valence-corrected chi connectivity index (χ2v) is 9.32. The second-order valence-electron chi connectivity index (χ2n) is 6.92. The molecule has 0 spiro atoms. The van der Waals surface area contributed by atoms with Crippen LogP contribution < -0.4 is 9.47 Å². The Morgan fingerprint density at radius 3 is 2.16 bits per heavy atom. The van der Waals surface area contributed by atoms with Crippen molar-refractivity contribution in [3.8, 4) is 11.5 Å². The molecule has 0 saturated heterocycles. The molecular formula is C24H14Br2Cl2O4. The molecule has 0 N–H and O–H groups in total. The summed E-state index contributed by atoms with van der Waals surface area (Å²) in [6.45, 7) is 0.227. The van der Waals surface area contributed by atoms with Crippen molar-refractivity contribution in [2.75, 3.05) is 7.11 Å². The molecule has 4 rings (SSSR count). The predicted octanol–water partition coefficient (Wildman–Crippen LogP) is 7.57. The number of hydrogen-bond donors (Lipinski definition) is 0. The third-order valence-electron chi connectivity index (χ3n) is 4.95. The number of allylic oxidation sites excluding steroid dienone is 1. The third-order valence-corrected chi connectivity index (χ3v) is 7.83. The molecule has 3 aromatic rings. The van der Waals surface area contributed by atoms with E-state index in [1.165, 1.54) is 7.11 Å². The van der Waals surface area contributed by atoms with Gasteiger partial charge in [0.25, 0.3) is 0 Å². The molecule has 32 heavy (non-hydrogen) atoms. The van der Waals surface area contributed by atoms with Gasteiger partial charge in [0, 0.05) is 15.6 Å². The van der Waals surface area contributed by atoms with Gasteiger partial charge in [-0.25, -0.2) is 0 Å². The maximum atomic E-state index is 12.7. The van der Waals surface area contributed by atoms with Crippen LogP contribution in [0.4, 0.5) is 0 Å². The molecule has 1 aliphatic carbocycles. The van der Waals surface area contributed by atoms with Crippen molar-refractivity contribution < 1.29 is 19.1 Å². The van der Waals surface area contributed by atoms with Gasteiger partial charge in [0.15, 0.2) is 23.1 Å². The highest BCUT2D eigenvalue weighted by Crippen LogP contribution is 2.44. The van der Waals surface area contributed by atoms with E-state index in [1.54, 1.807) is 48.5 Å².